The van der Waals surface area contributed by atoms with E-state index >= 15 is 0 Å². The lowest BCUT2D eigenvalue weighted by Crippen LogP contribution is -2.48. The first-order chi connectivity index (χ1) is 12.8. The Hall–Kier alpha value is -3.49. The van der Waals surface area contributed by atoms with Gasteiger partial charge in [-0.1, -0.05) is 59.9 Å². The Labute approximate surface area is 152 Å². The minimum atomic E-state index is 0.259. The van der Waals surface area contributed by atoms with Crippen LogP contribution >= 0.6 is 11.3 Å². The van der Waals surface area contributed by atoms with E-state index in [1.807, 2.05) is 42.5 Å². The fourth-order valence-electron chi connectivity index (χ4n) is 3.40. The molecule has 122 valence electrons. The van der Waals surface area contributed by atoms with Crippen LogP contribution in [-0.4, -0.2) is 9.97 Å². The van der Waals surface area contributed by atoms with Gasteiger partial charge in [-0.15, -0.1) is 0 Å². The standard InChI is InChI=1S/C21H12N4S/c22-11-15-19-18-14(10-16(24-19)12-6-2-1-3-7-12)13-8-4-5-9-17(13)26-21(18)25-20(15)23/h1-10,23-24H/p+1. The van der Waals surface area contributed by atoms with Gasteiger partial charge in [0.2, 0.25) is 4.83 Å². The molecular weight excluding hydrogens is 340 g/mol. The van der Waals surface area contributed by atoms with Crippen molar-refractivity contribution in [2.75, 3.05) is 0 Å². The van der Waals surface area contributed by atoms with Gasteiger partial charge in [-0.25, -0.2) is 0 Å². The lowest BCUT2D eigenvalue weighted by molar-refractivity contribution is -0.178. The van der Waals surface area contributed by atoms with Crippen LogP contribution in [0.3, 0.4) is 0 Å². The van der Waals surface area contributed by atoms with Crippen LogP contribution in [0.5, 0.6) is 0 Å². The molecule has 0 bridgehead atoms. The molecule has 3 N–H and O–H groups in total. The molecule has 0 radical (unpaired) electrons. The van der Waals surface area contributed by atoms with Crippen LogP contribution in [0, 0.1) is 11.3 Å². The topological polar surface area (TPSA) is 78.1 Å². The Bertz CT molecular complexity index is 1410. The van der Waals surface area contributed by atoms with E-state index in [2.05, 4.69) is 34.2 Å². The van der Waals surface area contributed by atoms with Crippen LogP contribution < -0.4 is 10.9 Å². The Morgan fingerprint density at radius 2 is 1.77 bits per heavy atom. The number of rotatable bonds is 1. The second-order valence-electron chi connectivity index (χ2n) is 6.10. The fourth-order valence-corrected chi connectivity index (χ4v) is 4.50. The minimum Gasteiger partial charge on any atom is -0.353 e. The summed E-state index contributed by atoms with van der Waals surface area (Å²) in [6, 6.07) is 22.7. The quantitative estimate of drug-likeness (QED) is 0.359. The summed E-state index contributed by atoms with van der Waals surface area (Å²) in [6.07, 6.45) is 0. The number of H-pyrrole nitrogens is 1. The van der Waals surface area contributed by atoms with E-state index < -0.39 is 0 Å². The number of benzene rings is 2. The Balaban J connectivity index is 2.08. The molecule has 0 aliphatic rings. The molecule has 5 aromatic rings. The van der Waals surface area contributed by atoms with E-state index in [4.69, 9.17) is 5.41 Å². The van der Waals surface area contributed by atoms with E-state index in [9.17, 15) is 5.26 Å². The van der Waals surface area contributed by atoms with Gasteiger partial charge in [-0.3, -0.25) is 5.41 Å². The average Bonchev–Trinajstić information content (AvgIpc) is 2.68. The van der Waals surface area contributed by atoms with Crippen LogP contribution in [0.2, 0.25) is 0 Å². The predicted molar refractivity (Wildman–Crippen MR) is 104 cm³/mol. The van der Waals surface area contributed by atoms with Crippen LogP contribution in [0.4, 0.5) is 0 Å². The third-order valence-corrected chi connectivity index (χ3v) is 5.65. The van der Waals surface area contributed by atoms with Gasteiger partial charge in [0.15, 0.2) is 5.56 Å². The number of fused-ring (bicyclic) bond motifs is 2. The first-order valence-corrected chi connectivity index (χ1v) is 9.00. The van der Waals surface area contributed by atoms with Crippen molar-refractivity contribution < 1.29 is 5.41 Å². The highest BCUT2D eigenvalue weighted by Crippen LogP contribution is 2.37. The van der Waals surface area contributed by atoms with Crippen molar-refractivity contribution in [3.63, 3.8) is 0 Å². The molecule has 0 amide bonds. The van der Waals surface area contributed by atoms with Gasteiger partial charge in [0.25, 0.3) is 0 Å². The van der Waals surface area contributed by atoms with Crippen molar-refractivity contribution in [2.45, 2.75) is 0 Å². The first-order valence-electron chi connectivity index (χ1n) is 8.18. The van der Waals surface area contributed by atoms with Gasteiger partial charge in [0.1, 0.15) is 6.07 Å². The summed E-state index contributed by atoms with van der Waals surface area (Å²) in [5, 5.41) is 18.9. The van der Waals surface area contributed by atoms with Crippen molar-refractivity contribution >= 4 is 42.5 Å². The van der Waals surface area contributed by atoms with E-state index in [0.717, 1.165) is 42.5 Å². The van der Waals surface area contributed by atoms with Crippen molar-refractivity contribution in [3.05, 3.63) is 71.7 Å². The molecule has 26 heavy (non-hydrogen) atoms. The summed E-state index contributed by atoms with van der Waals surface area (Å²) < 4.78 is 1.14. The zero-order valence-electron chi connectivity index (χ0n) is 13.7. The second kappa shape index (κ2) is 5.51. The van der Waals surface area contributed by atoms with Gasteiger partial charge < -0.3 is 4.98 Å². The molecule has 0 saturated carbocycles. The molecule has 0 spiro atoms. The lowest BCUT2D eigenvalue weighted by Gasteiger charge is -2.10. The zero-order chi connectivity index (χ0) is 17.7. The SMILES string of the molecule is N#Cc1c(=[NH2+])nc2sc3ccccc3c3cc(-c4ccccc4)[nH]c1c23. The number of nitrogens with one attached hydrogen (secondary N) is 1. The molecule has 3 heterocycles. The van der Waals surface area contributed by atoms with Crippen molar-refractivity contribution in [3.8, 4) is 17.3 Å². The fraction of sp³-hybridized carbons (Fsp3) is 0. The Morgan fingerprint density at radius 1 is 1.00 bits per heavy atom. The molecule has 0 fully saturated rings. The van der Waals surface area contributed by atoms with E-state index in [1.165, 1.54) is 0 Å². The predicted octanol–water partition coefficient (Wildman–Crippen LogP) is 3.13. The maximum absolute atomic E-state index is 9.65. The second-order valence-corrected chi connectivity index (χ2v) is 7.13. The molecule has 3 aromatic heterocycles. The zero-order valence-corrected chi connectivity index (χ0v) is 14.5. The Morgan fingerprint density at radius 3 is 2.58 bits per heavy atom. The number of nitrogens with two attached hydrogens (primary N) is 1. The highest BCUT2D eigenvalue weighted by Gasteiger charge is 2.20. The maximum Gasteiger partial charge on any atom is 0.336 e. The third-order valence-electron chi connectivity index (χ3n) is 4.59. The van der Waals surface area contributed by atoms with Crippen molar-refractivity contribution in [1.82, 2.24) is 9.97 Å². The maximum atomic E-state index is 9.65. The molecule has 5 heteroatoms. The molecule has 0 aliphatic carbocycles. The normalized spacial score (nSPS) is 11.2. The van der Waals surface area contributed by atoms with Gasteiger partial charge in [0.05, 0.1) is 10.9 Å². The van der Waals surface area contributed by atoms with Crippen LogP contribution in [0.15, 0.2) is 60.7 Å². The number of aromatic nitrogens is 2. The van der Waals surface area contributed by atoms with Gasteiger partial charge in [0, 0.05) is 10.4 Å². The summed E-state index contributed by atoms with van der Waals surface area (Å²) >= 11 is 1.59. The number of nitriles is 1. The van der Waals surface area contributed by atoms with E-state index in [0.29, 0.717) is 5.56 Å². The van der Waals surface area contributed by atoms with Crippen LogP contribution in [-0.2, 0) is 0 Å². The molecule has 4 nitrogen and oxygen atoms in total. The smallest absolute Gasteiger partial charge is 0.336 e. The third kappa shape index (κ3) is 2.06. The van der Waals surface area contributed by atoms with Gasteiger partial charge in [-0.2, -0.15) is 5.26 Å². The number of pyridine rings is 2. The number of aromatic amines is 1. The first kappa shape index (κ1) is 14.8. The number of hydrogen-bond acceptors (Lipinski definition) is 3. The lowest BCUT2D eigenvalue weighted by atomic mass is 10.0. The van der Waals surface area contributed by atoms with E-state index in [1.54, 1.807) is 11.3 Å². The highest BCUT2D eigenvalue weighted by atomic mass is 32.1. The largest absolute Gasteiger partial charge is 0.353 e. The molecule has 5 rings (SSSR count). The number of nitrogens with zero attached hydrogens (tertiary/aromatic N) is 2. The molecular formula is C21H13N4S+. The monoisotopic (exact) mass is 353 g/mol. The molecule has 2 aromatic carbocycles. The molecule has 0 saturated heterocycles. The van der Waals surface area contributed by atoms with Gasteiger partial charge in [-0.05, 0) is 33.5 Å². The summed E-state index contributed by atoms with van der Waals surface area (Å²) in [5.74, 6) is 0. The van der Waals surface area contributed by atoms with Crippen LogP contribution in [0.1, 0.15) is 5.56 Å². The van der Waals surface area contributed by atoms with Crippen molar-refractivity contribution in [2.24, 2.45) is 0 Å². The highest BCUT2D eigenvalue weighted by molar-refractivity contribution is 7.24. The molecule has 0 atom stereocenters. The Kier molecular flexibility index (Phi) is 3.14. The number of hydrogen-bond donors (Lipinski definition) is 2. The van der Waals surface area contributed by atoms with Crippen molar-refractivity contribution in [1.29, 1.82) is 5.26 Å². The summed E-state index contributed by atoms with van der Waals surface area (Å²) in [6.45, 7) is 0. The molecule has 0 unspecified atom stereocenters. The van der Waals surface area contributed by atoms with Gasteiger partial charge >= 0.3 is 5.49 Å². The minimum absolute atomic E-state index is 0.259. The average molecular weight is 353 g/mol. The molecule has 0 aliphatic heterocycles. The summed E-state index contributed by atoms with van der Waals surface area (Å²) in [7, 11) is 0. The summed E-state index contributed by atoms with van der Waals surface area (Å²) in [5.41, 5.74) is 3.40. The van der Waals surface area contributed by atoms with Crippen LogP contribution in [0.25, 0.3) is 42.5 Å². The van der Waals surface area contributed by atoms with E-state index in [-0.39, 0.29) is 5.49 Å². The summed E-state index contributed by atoms with van der Waals surface area (Å²) in [4.78, 5) is 8.76.